The molecule has 7 nitrogen and oxygen atoms in total. The number of benzene rings is 3. The molecule has 3 aromatic carbocycles. The lowest BCUT2D eigenvalue weighted by molar-refractivity contribution is -0.120. The number of amides is 1. The first-order chi connectivity index (χ1) is 14.4. The molecule has 3 aromatic rings. The van der Waals surface area contributed by atoms with E-state index < -0.39 is 10.0 Å². The lowest BCUT2D eigenvalue weighted by Gasteiger charge is -2.17. The Morgan fingerprint density at radius 3 is 2.30 bits per heavy atom. The molecule has 0 fully saturated rings. The number of sulfonamides is 1. The van der Waals surface area contributed by atoms with Crippen molar-refractivity contribution in [1.82, 2.24) is 0 Å². The number of methoxy groups -OCH3 is 1. The van der Waals surface area contributed by atoms with Crippen LogP contribution in [0.2, 0.25) is 0 Å². The molecule has 1 amide bonds. The molecule has 0 radical (unpaired) electrons. The Kier molecular flexibility index (Phi) is 6.58. The Morgan fingerprint density at radius 2 is 1.63 bits per heavy atom. The zero-order chi connectivity index (χ0) is 21.6. The highest BCUT2D eigenvalue weighted by atomic mass is 32.2. The zero-order valence-corrected chi connectivity index (χ0v) is 17.4. The second-order valence-electron chi connectivity index (χ2n) is 6.39. The molecule has 0 unspecified atom stereocenters. The van der Waals surface area contributed by atoms with E-state index in [0.29, 0.717) is 17.2 Å². The Balaban J connectivity index is 1.62. The maximum atomic E-state index is 12.6. The quantitative estimate of drug-likeness (QED) is 0.596. The highest BCUT2D eigenvalue weighted by molar-refractivity contribution is 7.92. The summed E-state index contributed by atoms with van der Waals surface area (Å²) in [6.07, 6.45) is 0. The van der Waals surface area contributed by atoms with E-state index in [2.05, 4.69) is 4.72 Å². The summed E-state index contributed by atoms with van der Waals surface area (Å²) >= 11 is 0. The fourth-order valence-corrected chi connectivity index (χ4v) is 3.70. The van der Waals surface area contributed by atoms with E-state index in [4.69, 9.17) is 9.47 Å². The van der Waals surface area contributed by atoms with E-state index in [1.54, 1.807) is 31.3 Å². The number of ether oxygens (including phenoxy) is 2. The summed E-state index contributed by atoms with van der Waals surface area (Å²) in [7, 11) is -0.596. The summed E-state index contributed by atoms with van der Waals surface area (Å²) in [5.41, 5.74) is 1.15. The third-order valence-electron chi connectivity index (χ3n) is 4.34. The Morgan fingerprint density at radius 1 is 0.933 bits per heavy atom. The maximum absolute atomic E-state index is 12.6. The molecule has 0 saturated heterocycles. The zero-order valence-electron chi connectivity index (χ0n) is 16.6. The van der Waals surface area contributed by atoms with E-state index in [-0.39, 0.29) is 17.4 Å². The van der Waals surface area contributed by atoms with Crippen LogP contribution in [0.3, 0.4) is 0 Å². The van der Waals surface area contributed by atoms with Crippen molar-refractivity contribution in [2.75, 3.05) is 30.4 Å². The van der Waals surface area contributed by atoms with Crippen LogP contribution >= 0.6 is 0 Å². The van der Waals surface area contributed by atoms with Gasteiger partial charge in [-0.3, -0.25) is 9.52 Å². The first-order valence-corrected chi connectivity index (χ1v) is 10.6. The molecule has 1 N–H and O–H groups in total. The van der Waals surface area contributed by atoms with Gasteiger partial charge in [0.1, 0.15) is 11.5 Å². The van der Waals surface area contributed by atoms with Crippen molar-refractivity contribution in [3.05, 3.63) is 78.9 Å². The van der Waals surface area contributed by atoms with Crippen LogP contribution in [-0.2, 0) is 14.8 Å². The standard InChI is InChI=1S/C22H22N2O5S/c1-24(18-8-4-3-5-9-18)22(25)16-29-19-11-13-21(14-12-19)30(26,27)23-17-7-6-10-20(15-17)28-2/h3-15,23H,16H2,1-2H3. The normalized spacial score (nSPS) is 10.9. The van der Waals surface area contributed by atoms with Gasteiger partial charge in [-0.25, -0.2) is 8.42 Å². The molecule has 0 aliphatic carbocycles. The summed E-state index contributed by atoms with van der Waals surface area (Å²) in [6.45, 7) is -0.167. The van der Waals surface area contributed by atoms with Crippen LogP contribution in [0.4, 0.5) is 11.4 Å². The van der Waals surface area contributed by atoms with Gasteiger partial charge >= 0.3 is 0 Å². The van der Waals surface area contributed by atoms with E-state index in [0.717, 1.165) is 5.69 Å². The van der Waals surface area contributed by atoms with Gasteiger partial charge < -0.3 is 14.4 Å². The number of nitrogens with zero attached hydrogens (tertiary/aromatic N) is 1. The Labute approximate surface area is 175 Å². The van der Waals surface area contributed by atoms with Gasteiger partial charge in [-0.2, -0.15) is 0 Å². The predicted octanol–water partition coefficient (Wildman–Crippen LogP) is 3.54. The third-order valence-corrected chi connectivity index (χ3v) is 5.73. The van der Waals surface area contributed by atoms with Gasteiger partial charge in [-0.1, -0.05) is 24.3 Å². The van der Waals surface area contributed by atoms with Crippen LogP contribution in [0.5, 0.6) is 11.5 Å². The van der Waals surface area contributed by atoms with Crippen molar-refractivity contribution in [2.24, 2.45) is 0 Å². The molecule has 3 rings (SSSR count). The van der Waals surface area contributed by atoms with Crippen LogP contribution in [-0.4, -0.2) is 35.1 Å². The Hall–Kier alpha value is -3.52. The lowest BCUT2D eigenvalue weighted by atomic mass is 10.3. The third kappa shape index (κ3) is 5.30. The topological polar surface area (TPSA) is 84.9 Å². The minimum atomic E-state index is -3.77. The van der Waals surface area contributed by atoms with Crippen LogP contribution < -0.4 is 19.1 Å². The van der Waals surface area contributed by atoms with Gasteiger partial charge in [-0.05, 0) is 48.5 Å². The molecule has 0 bridgehead atoms. The molecule has 0 heterocycles. The molecular formula is C22H22N2O5S. The van der Waals surface area contributed by atoms with Crippen LogP contribution in [0.15, 0.2) is 83.8 Å². The average Bonchev–Trinajstić information content (AvgIpc) is 2.77. The highest BCUT2D eigenvalue weighted by Crippen LogP contribution is 2.22. The minimum absolute atomic E-state index is 0.0744. The fourth-order valence-electron chi connectivity index (χ4n) is 2.65. The average molecular weight is 426 g/mol. The molecule has 30 heavy (non-hydrogen) atoms. The molecule has 0 spiro atoms. The van der Waals surface area contributed by atoms with Crippen molar-refractivity contribution < 1.29 is 22.7 Å². The molecular weight excluding hydrogens is 404 g/mol. The van der Waals surface area contributed by atoms with Crippen molar-refractivity contribution in [1.29, 1.82) is 0 Å². The minimum Gasteiger partial charge on any atom is -0.497 e. The molecule has 0 aliphatic rings. The van der Waals surface area contributed by atoms with E-state index >= 15 is 0 Å². The number of hydrogen-bond acceptors (Lipinski definition) is 5. The van der Waals surface area contributed by atoms with Crippen molar-refractivity contribution >= 4 is 27.3 Å². The number of carbonyl (C=O) groups is 1. The molecule has 0 saturated carbocycles. The van der Waals surface area contributed by atoms with Crippen LogP contribution in [0.1, 0.15) is 0 Å². The molecule has 0 aliphatic heterocycles. The summed E-state index contributed by atoms with van der Waals surface area (Å²) in [6, 6.07) is 21.7. The number of para-hydroxylation sites is 1. The first-order valence-electron chi connectivity index (χ1n) is 9.10. The maximum Gasteiger partial charge on any atom is 0.264 e. The highest BCUT2D eigenvalue weighted by Gasteiger charge is 2.15. The van der Waals surface area contributed by atoms with Gasteiger partial charge in [0.15, 0.2) is 6.61 Å². The molecule has 156 valence electrons. The fraction of sp³-hybridized carbons (Fsp3) is 0.136. The number of nitrogens with one attached hydrogen (secondary N) is 1. The largest absolute Gasteiger partial charge is 0.497 e. The monoisotopic (exact) mass is 426 g/mol. The van der Waals surface area contributed by atoms with Gasteiger partial charge in [0, 0.05) is 18.8 Å². The Bertz CT molecular complexity index is 1100. The lowest BCUT2D eigenvalue weighted by Crippen LogP contribution is -2.31. The van der Waals surface area contributed by atoms with Crippen LogP contribution in [0, 0.1) is 0 Å². The molecule has 8 heteroatoms. The van der Waals surface area contributed by atoms with E-state index in [1.807, 2.05) is 30.3 Å². The number of anilines is 2. The molecule has 0 atom stereocenters. The van der Waals surface area contributed by atoms with E-state index in [9.17, 15) is 13.2 Å². The van der Waals surface area contributed by atoms with Crippen LogP contribution in [0.25, 0.3) is 0 Å². The van der Waals surface area contributed by atoms with Gasteiger partial charge in [0.05, 0.1) is 17.7 Å². The van der Waals surface area contributed by atoms with Gasteiger partial charge in [0.25, 0.3) is 15.9 Å². The second kappa shape index (κ2) is 9.32. The van der Waals surface area contributed by atoms with Crippen molar-refractivity contribution in [2.45, 2.75) is 4.90 Å². The van der Waals surface area contributed by atoms with Crippen molar-refractivity contribution in [3.8, 4) is 11.5 Å². The predicted molar refractivity (Wildman–Crippen MR) is 116 cm³/mol. The summed E-state index contributed by atoms with van der Waals surface area (Å²) in [5.74, 6) is 0.715. The number of likely N-dealkylation sites (N-methyl/N-ethyl adjacent to an activating group) is 1. The summed E-state index contributed by atoms with van der Waals surface area (Å²) < 4.78 is 38.2. The molecule has 0 aromatic heterocycles. The summed E-state index contributed by atoms with van der Waals surface area (Å²) in [4.78, 5) is 13.9. The first kappa shape index (κ1) is 21.2. The number of hydrogen-bond donors (Lipinski definition) is 1. The van der Waals surface area contributed by atoms with Gasteiger partial charge in [-0.15, -0.1) is 0 Å². The van der Waals surface area contributed by atoms with Crippen molar-refractivity contribution in [3.63, 3.8) is 0 Å². The SMILES string of the molecule is COc1cccc(NS(=O)(=O)c2ccc(OCC(=O)N(C)c3ccccc3)cc2)c1. The number of carbonyl (C=O) groups excluding carboxylic acids is 1. The van der Waals surface area contributed by atoms with E-state index in [1.165, 1.54) is 36.3 Å². The number of rotatable bonds is 8. The van der Waals surface area contributed by atoms with Gasteiger partial charge in [0.2, 0.25) is 0 Å². The summed E-state index contributed by atoms with van der Waals surface area (Å²) in [5, 5.41) is 0. The second-order valence-corrected chi connectivity index (χ2v) is 8.07. The smallest absolute Gasteiger partial charge is 0.264 e.